The number of benzene rings is 12. The fraction of sp³-hybridized carbons (Fsp3) is 0. The molecule has 16 aromatic heterocycles. The van der Waals surface area contributed by atoms with Crippen molar-refractivity contribution in [2.75, 3.05) is 0 Å². The van der Waals surface area contributed by atoms with Crippen molar-refractivity contribution in [2.45, 2.75) is 0 Å². The molecule has 16 heterocycles. The molecular formula is C123H76N16. The molecule has 0 amide bonds. The van der Waals surface area contributed by atoms with E-state index in [4.69, 9.17) is 34.9 Å². The van der Waals surface area contributed by atoms with Crippen molar-refractivity contribution in [3.8, 4) is 118 Å². The molecule has 0 fully saturated rings. The molecule has 0 aliphatic carbocycles. The second-order valence-electron chi connectivity index (χ2n) is 34.6. The van der Waals surface area contributed by atoms with Crippen LogP contribution in [0.5, 0.6) is 0 Å². The van der Waals surface area contributed by atoms with Crippen LogP contribution in [-0.2, 0) is 0 Å². The third-order valence-electron chi connectivity index (χ3n) is 26.7. The Hall–Kier alpha value is -19.2. The summed E-state index contributed by atoms with van der Waals surface area (Å²) < 4.78 is 6.78. The van der Waals surface area contributed by atoms with E-state index in [1.807, 2.05) is 129 Å². The average molecular weight is 1780 g/mol. The summed E-state index contributed by atoms with van der Waals surface area (Å²) in [6, 6.07) is 129. The highest BCUT2D eigenvalue weighted by atomic mass is 15.1. The second kappa shape index (κ2) is 34.1. The van der Waals surface area contributed by atoms with Gasteiger partial charge in [0.25, 0.3) is 0 Å². The lowest BCUT2D eigenvalue weighted by atomic mass is 9.98. The summed E-state index contributed by atoms with van der Waals surface area (Å²) in [5.41, 5.74) is 27.6. The molecule has 139 heavy (non-hydrogen) atoms. The summed E-state index contributed by atoms with van der Waals surface area (Å²) in [6.07, 6.45) is 28.1. The van der Waals surface area contributed by atoms with Crippen molar-refractivity contribution < 1.29 is 0 Å². The Balaban J connectivity index is 0.000000108. The molecule has 28 aromatic rings. The van der Waals surface area contributed by atoms with E-state index in [-0.39, 0.29) is 0 Å². The second-order valence-corrected chi connectivity index (χ2v) is 34.6. The Labute approximate surface area is 795 Å². The molecule has 0 spiro atoms. The maximum atomic E-state index is 5.00. The fourth-order valence-corrected chi connectivity index (χ4v) is 20.0. The minimum atomic E-state index is 0.866. The molecule has 0 saturated carbocycles. The molecule has 0 aliphatic heterocycles. The van der Waals surface area contributed by atoms with Gasteiger partial charge in [-0.1, -0.05) is 194 Å². The van der Waals surface area contributed by atoms with Gasteiger partial charge in [-0.05, 0) is 219 Å². The van der Waals surface area contributed by atoms with Gasteiger partial charge in [0, 0.05) is 214 Å². The summed E-state index contributed by atoms with van der Waals surface area (Å²) in [5, 5.41) is 19.9. The summed E-state index contributed by atoms with van der Waals surface area (Å²) in [6.45, 7) is 0. The number of fused-ring (bicyclic) bond motifs is 20. The van der Waals surface area contributed by atoms with Crippen LogP contribution < -0.4 is 0 Å². The van der Waals surface area contributed by atoms with Gasteiger partial charge in [-0.3, -0.25) is 58.6 Å². The van der Waals surface area contributed by atoms with Crippen LogP contribution in [0.2, 0.25) is 0 Å². The van der Waals surface area contributed by atoms with Crippen LogP contribution in [0.4, 0.5) is 0 Å². The van der Waals surface area contributed by atoms with E-state index in [0.717, 1.165) is 195 Å². The smallest absolute Gasteiger partial charge is 0.137 e. The molecule has 12 aromatic carbocycles. The van der Waals surface area contributed by atoms with Crippen molar-refractivity contribution in [2.24, 2.45) is 0 Å². The van der Waals surface area contributed by atoms with E-state index < -0.39 is 0 Å². The lowest BCUT2D eigenvalue weighted by molar-refractivity contribution is 1.08. The maximum Gasteiger partial charge on any atom is 0.137 e. The Morgan fingerprint density at radius 1 is 0.173 bits per heavy atom. The lowest BCUT2D eigenvalue weighted by Crippen LogP contribution is -1.97. The van der Waals surface area contributed by atoms with Crippen molar-refractivity contribution in [3.63, 3.8) is 0 Å². The van der Waals surface area contributed by atoms with Crippen LogP contribution in [0.1, 0.15) is 0 Å². The van der Waals surface area contributed by atoms with E-state index >= 15 is 0 Å². The number of aromatic nitrogens is 16. The van der Waals surface area contributed by atoms with Crippen molar-refractivity contribution in [1.82, 2.24) is 78.5 Å². The van der Waals surface area contributed by atoms with Crippen LogP contribution in [-0.4, -0.2) is 78.5 Å². The molecule has 0 saturated heterocycles. The lowest BCUT2D eigenvalue weighted by Gasteiger charge is -2.10. The molecule has 16 heteroatoms. The monoisotopic (exact) mass is 1780 g/mol. The zero-order valence-electron chi connectivity index (χ0n) is 74.5. The largest absolute Gasteiger partial charge is 0.294 e. The molecular weight excluding hydrogens is 1700 g/mol. The summed E-state index contributed by atoms with van der Waals surface area (Å²) in [7, 11) is 0. The highest BCUT2D eigenvalue weighted by Crippen LogP contribution is 2.45. The first kappa shape index (κ1) is 80.6. The molecule has 0 unspecified atom stereocenters. The number of nitrogens with zero attached hydrogens (tertiary/aromatic N) is 16. The molecule has 16 nitrogen and oxygen atoms in total. The van der Waals surface area contributed by atoms with Crippen LogP contribution in [0, 0.1) is 0 Å². The topological polar surface area (TPSA) is 182 Å². The number of para-hydroxylation sites is 1. The SMILES string of the molecule is c1cncc(-c2ccc(-n3c4ccc(-c5ccc(-c6cc7cccnc7c7ncccc67)cn5)cc4c4c5ccccc5ccc43)nc2)c1.c1cncc(-c2ccc(-n3c4ccc(-c5ccc(-c6ccc7ccccc7n6)cn5)cc4c4c5ccccc5ccc43)nc2)c1.c1cncc(-c2ccc(-n3c4ccc(-c5ccc(-c6nccc7ccccc67)cn5)cc4c4c5ccccc5ccc43)nc2)c1. The third kappa shape index (κ3) is 14.5. The van der Waals surface area contributed by atoms with Crippen LogP contribution in [0.3, 0.4) is 0 Å². The molecule has 0 radical (unpaired) electrons. The van der Waals surface area contributed by atoms with Gasteiger partial charge < -0.3 is 0 Å². The standard InChI is InChI=1S/C43H26N6.2C40H25N5/c1-2-9-33-27(6-1)12-17-39-41(33)36-22-28(13-16-38(36)49(39)40-18-14-31(25-48-40)30-8-3-19-44-24-30)37-15-11-32(26-47-37)35-23-29-7-4-20-45-42(29)43-34(35)10-5-21-46-43;1-3-9-32-26(6-1)13-19-38-40(32)33-22-28(34-16-12-31(25-42-34)36-17-11-27-7-2-4-10-35(27)44-36)14-18-37(33)45(38)39-20-15-30(24-43-39)29-8-5-21-41-23-29;1-3-9-32-26(6-1)12-17-37-39(32)34-22-28(35-15-11-31(25-43-35)40-33-10-4-2-7-27(33)19-21-42-40)13-16-36(34)45(37)38-18-14-30(24-44-38)29-8-5-20-41-23-29/h1-26H;2*1-25H. The van der Waals surface area contributed by atoms with Gasteiger partial charge in [0.05, 0.1) is 78.1 Å². The number of rotatable bonds is 12. The number of hydrogen-bond acceptors (Lipinski definition) is 13. The summed E-state index contributed by atoms with van der Waals surface area (Å²) in [5.74, 6) is 2.61. The van der Waals surface area contributed by atoms with E-state index in [1.54, 1.807) is 18.6 Å². The Bertz CT molecular complexity index is 9650. The van der Waals surface area contributed by atoms with Gasteiger partial charge in [-0.15, -0.1) is 0 Å². The Morgan fingerprint density at radius 3 is 0.971 bits per heavy atom. The van der Waals surface area contributed by atoms with Gasteiger partial charge >= 0.3 is 0 Å². The zero-order valence-corrected chi connectivity index (χ0v) is 74.5. The molecule has 0 bridgehead atoms. The quantitative estimate of drug-likeness (QED) is 0.105. The third-order valence-corrected chi connectivity index (χ3v) is 26.7. The van der Waals surface area contributed by atoms with E-state index in [0.29, 0.717) is 0 Å². The fourth-order valence-electron chi connectivity index (χ4n) is 20.0. The highest BCUT2D eigenvalue weighted by molar-refractivity contribution is 6.25. The van der Waals surface area contributed by atoms with Gasteiger partial charge in [-0.25, -0.2) is 19.9 Å². The average Bonchev–Trinajstić information content (AvgIpc) is 1.48. The minimum absolute atomic E-state index is 0.866. The van der Waals surface area contributed by atoms with E-state index in [9.17, 15) is 0 Å². The first-order chi connectivity index (χ1) is 68.9. The molecule has 28 rings (SSSR count). The van der Waals surface area contributed by atoms with Crippen molar-refractivity contribution in [1.29, 1.82) is 0 Å². The van der Waals surface area contributed by atoms with Crippen molar-refractivity contribution in [3.05, 3.63) is 463 Å². The number of pyridine rings is 13. The van der Waals surface area contributed by atoms with E-state index in [2.05, 4.69) is 359 Å². The molecule has 0 aliphatic rings. The van der Waals surface area contributed by atoms with Crippen LogP contribution in [0.15, 0.2) is 463 Å². The molecule has 648 valence electrons. The first-order valence-electron chi connectivity index (χ1n) is 46.1. The molecule has 0 atom stereocenters. The van der Waals surface area contributed by atoms with E-state index in [1.165, 1.54) is 64.6 Å². The summed E-state index contributed by atoms with van der Waals surface area (Å²) >= 11 is 0. The Kier molecular flexibility index (Phi) is 19.8. The first-order valence-corrected chi connectivity index (χ1v) is 46.1. The van der Waals surface area contributed by atoms with Gasteiger partial charge in [-0.2, -0.15) is 0 Å². The normalized spacial score (nSPS) is 11.6. The van der Waals surface area contributed by atoms with Crippen LogP contribution in [0.25, 0.3) is 259 Å². The Morgan fingerprint density at radius 2 is 0.525 bits per heavy atom. The van der Waals surface area contributed by atoms with Gasteiger partial charge in [0.15, 0.2) is 0 Å². The predicted octanol–water partition coefficient (Wildman–Crippen LogP) is 29.6. The van der Waals surface area contributed by atoms with Crippen molar-refractivity contribution >= 4 is 141 Å². The van der Waals surface area contributed by atoms with Crippen LogP contribution >= 0.6 is 0 Å². The minimum Gasteiger partial charge on any atom is -0.294 e. The highest BCUT2D eigenvalue weighted by Gasteiger charge is 2.24. The van der Waals surface area contributed by atoms with Gasteiger partial charge in [0.2, 0.25) is 0 Å². The predicted molar refractivity (Wildman–Crippen MR) is 565 cm³/mol. The van der Waals surface area contributed by atoms with Gasteiger partial charge in [0.1, 0.15) is 17.5 Å². The zero-order chi connectivity index (χ0) is 91.8. The summed E-state index contributed by atoms with van der Waals surface area (Å²) in [4.78, 5) is 61.3. The maximum absolute atomic E-state index is 5.00. The number of hydrogen-bond donors (Lipinski definition) is 0. The molecule has 0 N–H and O–H groups in total.